The lowest BCUT2D eigenvalue weighted by Crippen LogP contribution is -2.20. The zero-order chi connectivity index (χ0) is 31.3. The van der Waals surface area contributed by atoms with Crippen LogP contribution in [-0.4, -0.2) is 35.1 Å². The number of furan rings is 2. The van der Waals surface area contributed by atoms with Crippen LogP contribution in [-0.2, 0) is 9.59 Å². The van der Waals surface area contributed by atoms with Crippen molar-refractivity contribution in [3.63, 3.8) is 0 Å². The molecule has 0 saturated carbocycles. The van der Waals surface area contributed by atoms with Gasteiger partial charge < -0.3 is 19.5 Å². The molecule has 226 valence electrons. The molecule has 44 heavy (non-hydrogen) atoms. The number of hydrogen-bond acceptors (Lipinski definition) is 8. The van der Waals surface area contributed by atoms with Crippen LogP contribution in [0.5, 0.6) is 0 Å². The van der Waals surface area contributed by atoms with Gasteiger partial charge in [-0.1, -0.05) is 24.3 Å². The van der Waals surface area contributed by atoms with Gasteiger partial charge in [0.05, 0.1) is 23.9 Å². The van der Waals surface area contributed by atoms with Crippen LogP contribution in [0.25, 0.3) is 0 Å². The molecule has 2 aromatic carbocycles. The van der Waals surface area contributed by atoms with Crippen LogP contribution in [0.4, 0.5) is 11.4 Å². The van der Waals surface area contributed by atoms with Crippen molar-refractivity contribution < 1.29 is 28.0 Å². The Balaban J connectivity index is 1.16. The number of nitrogens with one attached hydrogen (secondary N) is 4. The molecule has 0 saturated heterocycles. The Bertz CT molecular complexity index is 1530. The average molecular weight is 597 g/mol. The molecule has 0 radical (unpaired) electrons. The van der Waals surface area contributed by atoms with E-state index in [4.69, 9.17) is 8.83 Å². The lowest BCUT2D eigenvalue weighted by atomic mass is 10.1. The number of nitrogens with zero attached hydrogens (tertiary/aromatic N) is 2. The number of carbonyl (C=O) groups is 4. The first-order valence-corrected chi connectivity index (χ1v) is 13.9. The monoisotopic (exact) mass is 596 g/mol. The third-order valence-electron chi connectivity index (χ3n) is 6.32. The summed E-state index contributed by atoms with van der Waals surface area (Å²) in [6.07, 6.45) is 4.22. The molecular formula is C32H32N6O6. The quantitative estimate of drug-likeness (QED) is 0.0926. The summed E-state index contributed by atoms with van der Waals surface area (Å²) < 4.78 is 10.2. The maximum absolute atomic E-state index is 12.3. The van der Waals surface area contributed by atoms with E-state index in [1.165, 1.54) is 12.5 Å². The van der Waals surface area contributed by atoms with Crippen LogP contribution in [0, 0.1) is 0 Å². The average Bonchev–Trinajstić information content (AvgIpc) is 3.77. The Morgan fingerprint density at radius 2 is 1.05 bits per heavy atom. The smallest absolute Gasteiger partial charge is 0.291 e. The van der Waals surface area contributed by atoms with Crippen molar-refractivity contribution in [1.82, 2.24) is 10.9 Å². The fraction of sp³-hybridized carbons (Fsp3) is 0.188. The van der Waals surface area contributed by atoms with E-state index in [1.54, 1.807) is 74.5 Å². The van der Waals surface area contributed by atoms with Crippen molar-refractivity contribution in [3.8, 4) is 0 Å². The van der Waals surface area contributed by atoms with Gasteiger partial charge in [0.2, 0.25) is 11.8 Å². The highest BCUT2D eigenvalue weighted by molar-refractivity contribution is 6.05. The molecule has 2 heterocycles. The van der Waals surface area contributed by atoms with Crippen molar-refractivity contribution in [2.45, 2.75) is 39.5 Å². The molecule has 2 aromatic heterocycles. The van der Waals surface area contributed by atoms with Crippen LogP contribution >= 0.6 is 0 Å². The Kier molecular flexibility index (Phi) is 10.9. The van der Waals surface area contributed by atoms with Gasteiger partial charge in [0.25, 0.3) is 11.8 Å². The maximum atomic E-state index is 12.3. The molecule has 0 bridgehead atoms. The lowest BCUT2D eigenvalue weighted by molar-refractivity contribution is -0.123. The number of amides is 4. The van der Waals surface area contributed by atoms with Gasteiger partial charge in [-0.15, -0.1) is 0 Å². The number of rotatable bonds is 13. The van der Waals surface area contributed by atoms with E-state index >= 15 is 0 Å². The topological polar surface area (TPSA) is 167 Å². The van der Waals surface area contributed by atoms with Gasteiger partial charge in [-0.05, 0) is 86.3 Å². The van der Waals surface area contributed by atoms with Crippen molar-refractivity contribution in [1.29, 1.82) is 0 Å². The minimum atomic E-state index is -0.371. The fourth-order valence-electron chi connectivity index (χ4n) is 3.95. The van der Waals surface area contributed by atoms with Gasteiger partial charge in [0.15, 0.2) is 11.5 Å². The highest BCUT2D eigenvalue weighted by Gasteiger charge is 2.11. The van der Waals surface area contributed by atoms with E-state index < -0.39 is 0 Å². The van der Waals surface area contributed by atoms with Crippen molar-refractivity contribution in [2.75, 3.05) is 10.6 Å². The molecule has 4 amide bonds. The molecule has 0 atom stereocenters. The third kappa shape index (κ3) is 9.38. The standard InChI is InChI=1S/C32H32N6O6/c1-21(23-9-5-11-25(19-23)33-31(41)27-13-7-17-43-27)35-37-29(39)15-3-4-16-30(40)38-36-22(2)24-10-6-12-26(20-24)34-32(42)28-14-8-18-44-28/h5-14,17-20H,3-4,15-16H2,1-2H3,(H,33,41)(H,34,42)(H,37,39)(H,38,40). The predicted molar refractivity (Wildman–Crippen MR) is 165 cm³/mol. The number of carbonyl (C=O) groups excluding carboxylic acids is 4. The van der Waals surface area contributed by atoms with Gasteiger partial charge >= 0.3 is 0 Å². The Labute approximate surface area is 253 Å². The summed E-state index contributed by atoms with van der Waals surface area (Å²) in [6.45, 7) is 3.49. The predicted octanol–water partition coefficient (Wildman–Crippen LogP) is 5.32. The second kappa shape index (κ2) is 15.4. The second-order valence-corrected chi connectivity index (χ2v) is 9.70. The second-order valence-electron chi connectivity index (χ2n) is 9.70. The van der Waals surface area contributed by atoms with E-state index in [0.29, 0.717) is 35.6 Å². The zero-order valence-corrected chi connectivity index (χ0v) is 24.3. The van der Waals surface area contributed by atoms with Crippen LogP contribution in [0.1, 0.15) is 71.8 Å². The van der Waals surface area contributed by atoms with E-state index in [9.17, 15) is 19.2 Å². The normalized spacial score (nSPS) is 11.5. The molecule has 0 aliphatic carbocycles. The summed E-state index contributed by atoms with van der Waals surface area (Å²) in [6, 6.07) is 20.5. The Morgan fingerprint density at radius 3 is 1.43 bits per heavy atom. The SMILES string of the molecule is CC(=NNC(=O)CCCCC(=O)NN=C(C)c1cccc(NC(=O)c2ccco2)c1)c1cccc(NC(=O)c2ccco2)c1. The number of hydrogen-bond donors (Lipinski definition) is 4. The molecule has 0 aliphatic rings. The lowest BCUT2D eigenvalue weighted by Gasteiger charge is -2.07. The summed E-state index contributed by atoms with van der Waals surface area (Å²) in [5.74, 6) is -0.900. The fourth-order valence-corrected chi connectivity index (χ4v) is 3.95. The Hall–Kier alpha value is -5.78. The first kappa shape index (κ1) is 31.2. The highest BCUT2D eigenvalue weighted by Crippen LogP contribution is 2.15. The maximum Gasteiger partial charge on any atom is 0.291 e. The highest BCUT2D eigenvalue weighted by atomic mass is 16.3. The molecule has 0 aliphatic heterocycles. The van der Waals surface area contributed by atoms with E-state index in [0.717, 1.165) is 11.1 Å². The minimum Gasteiger partial charge on any atom is -0.459 e. The van der Waals surface area contributed by atoms with Crippen LogP contribution in [0.3, 0.4) is 0 Å². The number of unbranched alkanes of at least 4 members (excludes halogenated alkanes) is 1. The third-order valence-corrected chi connectivity index (χ3v) is 6.32. The summed E-state index contributed by atoms with van der Waals surface area (Å²) in [5, 5.41) is 13.8. The molecule has 4 N–H and O–H groups in total. The van der Waals surface area contributed by atoms with Gasteiger partial charge in [0.1, 0.15) is 0 Å². The van der Waals surface area contributed by atoms with Crippen LogP contribution in [0.15, 0.2) is 104 Å². The minimum absolute atomic E-state index is 0.197. The molecule has 0 unspecified atom stereocenters. The number of benzene rings is 2. The summed E-state index contributed by atoms with van der Waals surface area (Å²) in [5.41, 5.74) is 8.74. The van der Waals surface area contributed by atoms with Crippen LogP contribution in [0.2, 0.25) is 0 Å². The summed E-state index contributed by atoms with van der Waals surface area (Å²) in [4.78, 5) is 48.9. The van der Waals surface area contributed by atoms with Crippen molar-refractivity contribution in [3.05, 3.63) is 108 Å². The van der Waals surface area contributed by atoms with Gasteiger partial charge in [-0.25, -0.2) is 10.9 Å². The first-order valence-electron chi connectivity index (χ1n) is 13.9. The number of anilines is 2. The molecule has 0 fully saturated rings. The van der Waals surface area contributed by atoms with Crippen molar-refractivity contribution >= 4 is 46.4 Å². The molecule has 12 heteroatoms. The molecule has 12 nitrogen and oxygen atoms in total. The Morgan fingerprint density at radius 1 is 0.614 bits per heavy atom. The largest absolute Gasteiger partial charge is 0.459 e. The summed E-state index contributed by atoms with van der Waals surface area (Å²) >= 11 is 0. The van der Waals surface area contributed by atoms with E-state index in [-0.39, 0.29) is 48.0 Å². The zero-order valence-electron chi connectivity index (χ0n) is 24.3. The summed E-state index contributed by atoms with van der Waals surface area (Å²) in [7, 11) is 0. The molecular weight excluding hydrogens is 564 g/mol. The molecule has 4 aromatic rings. The van der Waals surface area contributed by atoms with Crippen LogP contribution < -0.4 is 21.5 Å². The van der Waals surface area contributed by atoms with Gasteiger partial charge in [-0.3, -0.25) is 19.2 Å². The van der Waals surface area contributed by atoms with Gasteiger partial charge in [0, 0.05) is 24.2 Å². The van der Waals surface area contributed by atoms with E-state index in [1.807, 2.05) is 12.1 Å². The van der Waals surface area contributed by atoms with Crippen molar-refractivity contribution in [2.24, 2.45) is 10.2 Å². The van der Waals surface area contributed by atoms with Gasteiger partial charge in [-0.2, -0.15) is 10.2 Å². The number of hydrazone groups is 2. The molecule has 0 spiro atoms. The van der Waals surface area contributed by atoms with E-state index in [2.05, 4.69) is 31.7 Å². The molecule has 4 rings (SSSR count). The first-order chi connectivity index (χ1) is 21.3.